The molecule has 0 aromatic heterocycles. The molecular formula is C55H76O6P2. The molecular weight excluding hydrogens is 819 g/mol. The number of hydrogen-bond donors (Lipinski definition) is 0. The van der Waals surface area contributed by atoms with Crippen molar-refractivity contribution in [3.8, 4) is 45.3 Å². The predicted molar refractivity (Wildman–Crippen MR) is 270 cm³/mol. The number of hydrogen-bond acceptors (Lipinski definition) is 6. The third-order valence-corrected chi connectivity index (χ3v) is 20.1. The van der Waals surface area contributed by atoms with Crippen molar-refractivity contribution in [3.63, 3.8) is 0 Å². The first-order valence-corrected chi connectivity index (χ1v) is 25.4. The van der Waals surface area contributed by atoms with Gasteiger partial charge in [0.05, 0.1) is 28.4 Å². The van der Waals surface area contributed by atoms with Crippen LogP contribution in [-0.4, -0.2) is 60.6 Å². The van der Waals surface area contributed by atoms with Crippen LogP contribution in [0, 0.1) is 0 Å². The lowest BCUT2D eigenvalue weighted by Gasteiger charge is -2.50. The highest BCUT2D eigenvalue weighted by Crippen LogP contribution is 2.67. The summed E-state index contributed by atoms with van der Waals surface area (Å²) >= 11 is 0. The minimum atomic E-state index is -0.704. The summed E-state index contributed by atoms with van der Waals surface area (Å²) in [5.41, 5.74) is 9.05. The fourth-order valence-electron chi connectivity index (χ4n) is 10.7. The second-order valence-corrected chi connectivity index (χ2v) is 28.2. The summed E-state index contributed by atoms with van der Waals surface area (Å²) in [6.45, 7) is 31.9. The van der Waals surface area contributed by atoms with Crippen LogP contribution in [-0.2, 0) is 9.59 Å². The summed E-state index contributed by atoms with van der Waals surface area (Å²) in [5, 5.41) is 2.38. The van der Waals surface area contributed by atoms with Gasteiger partial charge < -0.3 is 18.9 Å². The van der Waals surface area contributed by atoms with E-state index in [0.29, 0.717) is 55.0 Å². The van der Waals surface area contributed by atoms with Gasteiger partial charge in [-0.05, 0) is 112 Å². The fraction of sp³-hybridized carbons (Fsp3) is 0.527. The van der Waals surface area contributed by atoms with Crippen molar-refractivity contribution in [1.29, 1.82) is 0 Å². The molecule has 2 saturated heterocycles. The van der Waals surface area contributed by atoms with E-state index in [4.69, 9.17) is 18.9 Å². The molecule has 6 nitrogen and oxygen atoms in total. The maximum absolute atomic E-state index is 12.8. The monoisotopic (exact) mass is 895 g/mol. The number of ether oxygens (including phenoxy) is 4. The molecule has 4 aromatic carbocycles. The highest BCUT2D eigenvalue weighted by molar-refractivity contribution is 7.69. The molecule has 8 heteroatoms. The van der Waals surface area contributed by atoms with Crippen LogP contribution in [0.5, 0.6) is 23.0 Å². The van der Waals surface area contributed by atoms with Crippen molar-refractivity contribution in [2.24, 2.45) is 0 Å². The summed E-state index contributed by atoms with van der Waals surface area (Å²) in [7, 11) is 5.52. The molecule has 342 valence electrons. The zero-order chi connectivity index (χ0) is 47.0. The van der Waals surface area contributed by atoms with Gasteiger partial charge in [0.15, 0.2) is 11.5 Å². The molecule has 2 heterocycles. The number of ketones is 2. The number of carbonyl (C=O) groups is 2. The Balaban J connectivity index is 0.000000247. The SMILES string of the molecule is COc1cc(-c2c(C(C)C)cc(C(C)C)cc2C(C)C)c(P2C(C)(C)CC(=O)CC2(C)C)cc1OC.COc1cc(OC)cc(-c2ccccc2P2C(C)(C)CC(=O)CC2(C)C)c1. The Labute approximate surface area is 383 Å². The van der Waals surface area contributed by atoms with Crippen LogP contribution in [0.25, 0.3) is 22.3 Å². The van der Waals surface area contributed by atoms with Gasteiger partial charge in [-0.3, -0.25) is 9.59 Å². The Hall–Kier alpha value is -3.72. The van der Waals surface area contributed by atoms with E-state index in [0.717, 1.165) is 28.6 Å². The smallest absolute Gasteiger partial charge is 0.161 e. The third kappa shape index (κ3) is 10.7. The van der Waals surface area contributed by atoms with Crippen LogP contribution in [0.4, 0.5) is 0 Å². The summed E-state index contributed by atoms with van der Waals surface area (Å²) in [5.74, 6) is 5.05. The summed E-state index contributed by atoms with van der Waals surface area (Å²) < 4.78 is 22.7. The van der Waals surface area contributed by atoms with Crippen molar-refractivity contribution in [2.45, 2.75) is 161 Å². The molecule has 0 atom stereocenters. The van der Waals surface area contributed by atoms with Gasteiger partial charge >= 0.3 is 0 Å². The lowest BCUT2D eigenvalue weighted by atomic mass is 9.81. The zero-order valence-electron chi connectivity index (χ0n) is 41.8. The molecule has 0 bridgehead atoms. The van der Waals surface area contributed by atoms with Crippen LogP contribution in [0.1, 0.15) is 157 Å². The van der Waals surface area contributed by atoms with E-state index in [1.807, 2.05) is 6.07 Å². The first kappa shape index (κ1) is 50.3. The average Bonchev–Trinajstić information content (AvgIpc) is 3.18. The Bertz CT molecular complexity index is 2210. The summed E-state index contributed by atoms with van der Waals surface area (Å²) in [4.78, 5) is 25.2. The van der Waals surface area contributed by atoms with Crippen molar-refractivity contribution in [3.05, 3.63) is 83.4 Å². The fourth-order valence-corrected chi connectivity index (χ4v) is 19.3. The highest BCUT2D eigenvalue weighted by Gasteiger charge is 2.50. The zero-order valence-corrected chi connectivity index (χ0v) is 43.5. The maximum atomic E-state index is 12.8. The van der Waals surface area contributed by atoms with E-state index in [9.17, 15) is 9.59 Å². The first-order valence-electron chi connectivity index (χ1n) is 22.7. The lowest BCUT2D eigenvalue weighted by Crippen LogP contribution is -2.43. The second-order valence-electron chi connectivity index (χ2n) is 21.1. The van der Waals surface area contributed by atoms with E-state index in [2.05, 4.69) is 158 Å². The number of Topliss-reactive ketones (excluding diaryl/α,β-unsaturated/α-hetero) is 2. The van der Waals surface area contributed by atoms with Crippen LogP contribution in [0.15, 0.2) is 66.7 Å². The number of benzene rings is 4. The molecule has 0 radical (unpaired) electrons. The molecule has 2 aliphatic rings. The second kappa shape index (κ2) is 19.4. The quantitative estimate of drug-likeness (QED) is 0.140. The van der Waals surface area contributed by atoms with Crippen molar-refractivity contribution < 1.29 is 28.5 Å². The lowest BCUT2D eigenvalue weighted by molar-refractivity contribution is -0.121. The van der Waals surface area contributed by atoms with Crippen LogP contribution in [0.2, 0.25) is 0 Å². The van der Waals surface area contributed by atoms with E-state index in [1.54, 1.807) is 28.4 Å². The molecule has 2 fully saturated rings. The van der Waals surface area contributed by atoms with E-state index < -0.39 is 15.8 Å². The summed E-state index contributed by atoms with van der Waals surface area (Å²) in [6.07, 6.45) is 2.54. The molecule has 2 aliphatic heterocycles. The Morgan fingerprint density at radius 1 is 0.476 bits per heavy atom. The number of rotatable bonds is 11. The molecule has 4 aromatic rings. The van der Waals surface area contributed by atoms with Gasteiger partial charge in [0, 0.05) is 31.7 Å². The Morgan fingerprint density at radius 3 is 1.29 bits per heavy atom. The standard InChI is InChI=1S/C32H47O3P.C23H29O3P/c1-19(2)22-13-24(20(3)4)30(25(14-22)21(5)6)26-15-27(34-11)28(35-12)16-29(26)36-31(7,8)17-23(33)18-32(36,9)10;1-22(2)14-17(24)15-23(3,4)27(22)21-10-8-7-9-20(21)16-11-18(25-5)13-19(12-16)26-6/h13-16,19-21H,17-18H2,1-12H3;7-13H,14-15H2,1-6H3. The number of carbonyl (C=O) groups excluding carboxylic acids is 2. The molecule has 0 N–H and O–H groups in total. The van der Waals surface area contributed by atoms with Crippen molar-refractivity contribution >= 4 is 38.0 Å². The summed E-state index contributed by atoms with van der Waals surface area (Å²) in [6, 6.07) is 23.9. The first-order chi connectivity index (χ1) is 29.3. The third-order valence-electron chi connectivity index (χ3n) is 12.9. The van der Waals surface area contributed by atoms with Crippen LogP contribution in [0.3, 0.4) is 0 Å². The Morgan fingerprint density at radius 2 is 0.889 bits per heavy atom. The van der Waals surface area contributed by atoms with Crippen molar-refractivity contribution in [2.75, 3.05) is 28.4 Å². The molecule has 0 amide bonds. The molecule has 0 saturated carbocycles. The van der Waals surface area contributed by atoms with Gasteiger partial charge in [0.25, 0.3) is 0 Å². The highest BCUT2D eigenvalue weighted by atomic mass is 31.1. The largest absolute Gasteiger partial charge is 0.497 e. The van der Waals surface area contributed by atoms with Crippen molar-refractivity contribution in [1.82, 2.24) is 0 Å². The van der Waals surface area contributed by atoms with E-state index in [-0.39, 0.29) is 20.6 Å². The van der Waals surface area contributed by atoms with Crippen LogP contribution < -0.4 is 29.6 Å². The van der Waals surface area contributed by atoms with Gasteiger partial charge in [0.2, 0.25) is 0 Å². The van der Waals surface area contributed by atoms with Gasteiger partial charge in [-0.15, -0.1) is 0 Å². The number of methoxy groups -OCH3 is 4. The molecule has 0 spiro atoms. The molecule has 63 heavy (non-hydrogen) atoms. The minimum absolute atomic E-state index is 0.0345. The minimum Gasteiger partial charge on any atom is -0.497 e. The normalized spacial score (nSPS) is 18.3. The topological polar surface area (TPSA) is 71.1 Å². The van der Waals surface area contributed by atoms with Gasteiger partial charge in [-0.2, -0.15) is 0 Å². The van der Waals surface area contributed by atoms with Gasteiger partial charge in [0.1, 0.15) is 23.1 Å². The van der Waals surface area contributed by atoms with E-state index in [1.165, 1.54) is 44.0 Å². The van der Waals surface area contributed by atoms with Gasteiger partial charge in [-0.1, -0.05) is 149 Å². The Kier molecular flexibility index (Phi) is 15.5. The van der Waals surface area contributed by atoms with Crippen LogP contribution >= 0.6 is 15.8 Å². The van der Waals surface area contributed by atoms with E-state index >= 15 is 0 Å². The van der Waals surface area contributed by atoms with Gasteiger partial charge in [-0.25, -0.2) is 0 Å². The molecule has 0 aliphatic carbocycles. The molecule has 6 rings (SSSR count). The average molecular weight is 895 g/mol. The molecule has 0 unspecified atom stereocenters. The maximum Gasteiger partial charge on any atom is 0.161 e. The predicted octanol–water partition coefficient (Wildman–Crippen LogP) is 14.2.